The molecule has 0 aromatic heterocycles. The molecule has 1 aromatic rings. The SMILES string of the molecule is COc1ccc(C(=O)NCC(=O)OCC(=O)N[C@@](C)(C#N)C2CC2)cc1. The van der Waals surface area contributed by atoms with Gasteiger partial charge in [0.05, 0.1) is 13.2 Å². The fourth-order valence-corrected chi connectivity index (χ4v) is 2.40. The molecule has 0 radical (unpaired) electrons. The Kier molecular flexibility index (Phi) is 6.17. The first kappa shape index (κ1) is 19.2. The Balaban J connectivity index is 1.72. The van der Waals surface area contributed by atoms with E-state index < -0.39 is 29.9 Å². The van der Waals surface area contributed by atoms with Crippen LogP contribution in [0.15, 0.2) is 24.3 Å². The maximum Gasteiger partial charge on any atom is 0.325 e. The zero-order chi connectivity index (χ0) is 19.2. The molecule has 0 heterocycles. The zero-order valence-corrected chi connectivity index (χ0v) is 14.7. The number of methoxy groups -OCH3 is 1. The lowest BCUT2D eigenvalue weighted by Gasteiger charge is -2.22. The average molecular weight is 359 g/mol. The molecule has 1 saturated carbocycles. The molecule has 26 heavy (non-hydrogen) atoms. The Bertz CT molecular complexity index is 721. The zero-order valence-electron chi connectivity index (χ0n) is 14.7. The number of nitrogens with zero attached hydrogens (tertiary/aromatic N) is 1. The van der Waals surface area contributed by atoms with Gasteiger partial charge in [-0.05, 0) is 49.9 Å². The Morgan fingerprint density at radius 3 is 2.46 bits per heavy atom. The minimum absolute atomic E-state index is 0.135. The normalized spacial score (nSPS) is 15.1. The van der Waals surface area contributed by atoms with Crippen molar-refractivity contribution in [1.82, 2.24) is 10.6 Å². The summed E-state index contributed by atoms with van der Waals surface area (Å²) < 4.78 is 9.82. The molecular weight excluding hydrogens is 338 g/mol. The number of hydrogen-bond donors (Lipinski definition) is 2. The molecule has 1 aliphatic carbocycles. The van der Waals surface area contributed by atoms with Gasteiger partial charge in [0.1, 0.15) is 17.8 Å². The Morgan fingerprint density at radius 1 is 1.27 bits per heavy atom. The minimum atomic E-state index is -0.938. The number of esters is 1. The van der Waals surface area contributed by atoms with Gasteiger partial charge in [-0.15, -0.1) is 0 Å². The summed E-state index contributed by atoms with van der Waals surface area (Å²) >= 11 is 0. The molecule has 1 aromatic carbocycles. The predicted molar refractivity (Wildman–Crippen MR) is 91.2 cm³/mol. The second-order valence-electron chi connectivity index (χ2n) is 6.21. The van der Waals surface area contributed by atoms with E-state index in [-0.39, 0.29) is 12.5 Å². The van der Waals surface area contributed by atoms with E-state index in [9.17, 15) is 19.6 Å². The minimum Gasteiger partial charge on any atom is -0.497 e. The van der Waals surface area contributed by atoms with Gasteiger partial charge < -0.3 is 20.1 Å². The molecule has 2 N–H and O–H groups in total. The van der Waals surface area contributed by atoms with Crippen molar-refractivity contribution < 1.29 is 23.9 Å². The fourth-order valence-electron chi connectivity index (χ4n) is 2.40. The highest BCUT2D eigenvalue weighted by molar-refractivity contribution is 5.96. The highest BCUT2D eigenvalue weighted by Gasteiger charge is 2.43. The lowest BCUT2D eigenvalue weighted by atomic mass is 9.98. The molecule has 8 heteroatoms. The van der Waals surface area contributed by atoms with Crippen LogP contribution in [0.1, 0.15) is 30.1 Å². The van der Waals surface area contributed by atoms with Crippen LogP contribution in [0, 0.1) is 17.2 Å². The molecule has 1 fully saturated rings. The summed E-state index contributed by atoms with van der Waals surface area (Å²) in [6, 6.07) is 8.47. The molecule has 0 unspecified atom stereocenters. The molecule has 0 spiro atoms. The van der Waals surface area contributed by atoms with Crippen molar-refractivity contribution in [3.05, 3.63) is 29.8 Å². The topological polar surface area (TPSA) is 118 Å². The Morgan fingerprint density at radius 2 is 1.92 bits per heavy atom. The third-order valence-corrected chi connectivity index (χ3v) is 4.13. The highest BCUT2D eigenvalue weighted by Crippen LogP contribution is 2.39. The van der Waals surface area contributed by atoms with E-state index in [1.807, 2.05) is 0 Å². The molecule has 1 aliphatic rings. The maximum absolute atomic E-state index is 11.9. The molecule has 138 valence electrons. The van der Waals surface area contributed by atoms with Crippen LogP contribution >= 0.6 is 0 Å². The van der Waals surface area contributed by atoms with E-state index in [0.717, 1.165) is 12.8 Å². The quantitative estimate of drug-likeness (QED) is 0.662. The summed E-state index contributed by atoms with van der Waals surface area (Å²) in [5.74, 6) is -0.985. The van der Waals surface area contributed by atoms with E-state index >= 15 is 0 Å². The van der Waals surface area contributed by atoms with Gasteiger partial charge in [-0.2, -0.15) is 5.26 Å². The first-order valence-electron chi connectivity index (χ1n) is 8.18. The van der Waals surface area contributed by atoms with Gasteiger partial charge in [-0.1, -0.05) is 0 Å². The van der Waals surface area contributed by atoms with Crippen LogP contribution in [0.25, 0.3) is 0 Å². The van der Waals surface area contributed by atoms with Gasteiger partial charge >= 0.3 is 5.97 Å². The molecule has 2 amide bonds. The summed E-state index contributed by atoms with van der Waals surface area (Å²) in [7, 11) is 1.52. The van der Waals surface area contributed by atoms with E-state index in [1.165, 1.54) is 7.11 Å². The van der Waals surface area contributed by atoms with Crippen molar-refractivity contribution >= 4 is 17.8 Å². The summed E-state index contributed by atoms with van der Waals surface area (Å²) in [6.45, 7) is 0.789. The summed E-state index contributed by atoms with van der Waals surface area (Å²) in [4.78, 5) is 35.4. The molecule has 2 rings (SSSR count). The Labute approximate surface area is 151 Å². The van der Waals surface area contributed by atoms with Crippen LogP contribution in [-0.2, 0) is 14.3 Å². The van der Waals surface area contributed by atoms with Crippen molar-refractivity contribution in [3.63, 3.8) is 0 Å². The molecule has 0 bridgehead atoms. The van der Waals surface area contributed by atoms with Gasteiger partial charge in [0.15, 0.2) is 6.61 Å². The van der Waals surface area contributed by atoms with E-state index in [4.69, 9.17) is 9.47 Å². The van der Waals surface area contributed by atoms with E-state index in [1.54, 1.807) is 31.2 Å². The number of benzene rings is 1. The van der Waals surface area contributed by atoms with E-state index in [2.05, 4.69) is 16.7 Å². The van der Waals surface area contributed by atoms with Crippen LogP contribution in [-0.4, -0.2) is 43.6 Å². The van der Waals surface area contributed by atoms with Crippen molar-refractivity contribution in [1.29, 1.82) is 5.26 Å². The Hall–Kier alpha value is -3.08. The van der Waals surface area contributed by atoms with Gasteiger partial charge in [0, 0.05) is 5.56 Å². The lowest BCUT2D eigenvalue weighted by molar-refractivity contribution is -0.147. The largest absolute Gasteiger partial charge is 0.497 e. The van der Waals surface area contributed by atoms with Crippen molar-refractivity contribution in [2.45, 2.75) is 25.3 Å². The van der Waals surface area contributed by atoms with E-state index in [0.29, 0.717) is 11.3 Å². The first-order chi connectivity index (χ1) is 12.4. The lowest BCUT2D eigenvalue weighted by Crippen LogP contribution is -2.48. The number of rotatable bonds is 8. The number of carbonyl (C=O) groups excluding carboxylic acids is 3. The third kappa shape index (κ3) is 5.21. The van der Waals surface area contributed by atoms with Crippen molar-refractivity contribution in [2.24, 2.45) is 5.92 Å². The van der Waals surface area contributed by atoms with Crippen LogP contribution in [0.3, 0.4) is 0 Å². The number of nitrogens with one attached hydrogen (secondary N) is 2. The van der Waals surface area contributed by atoms with Crippen molar-refractivity contribution in [2.75, 3.05) is 20.3 Å². The molecular formula is C18H21N3O5. The molecule has 8 nitrogen and oxygen atoms in total. The van der Waals surface area contributed by atoms with Gasteiger partial charge in [-0.25, -0.2) is 0 Å². The van der Waals surface area contributed by atoms with Crippen LogP contribution in [0.2, 0.25) is 0 Å². The first-order valence-corrected chi connectivity index (χ1v) is 8.18. The van der Waals surface area contributed by atoms with Gasteiger partial charge in [0.2, 0.25) is 0 Å². The van der Waals surface area contributed by atoms with Gasteiger partial charge in [0.25, 0.3) is 11.8 Å². The van der Waals surface area contributed by atoms with Gasteiger partial charge in [-0.3, -0.25) is 14.4 Å². The number of ether oxygens (including phenoxy) is 2. The molecule has 0 saturated heterocycles. The smallest absolute Gasteiger partial charge is 0.325 e. The summed E-state index contributed by atoms with van der Waals surface area (Å²) in [5.41, 5.74) is -0.572. The summed E-state index contributed by atoms with van der Waals surface area (Å²) in [6.07, 6.45) is 1.78. The monoisotopic (exact) mass is 359 g/mol. The number of nitriles is 1. The molecule has 1 atom stereocenters. The van der Waals surface area contributed by atoms with Crippen molar-refractivity contribution in [3.8, 4) is 11.8 Å². The van der Waals surface area contributed by atoms with Crippen LogP contribution in [0.4, 0.5) is 0 Å². The second-order valence-corrected chi connectivity index (χ2v) is 6.21. The van der Waals surface area contributed by atoms with Crippen LogP contribution < -0.4 is 15.4 Å². The second kappa shape index (κ2) is 8.34. The number of amides is 2. The highest BCUT2D eigenvalue weighted by atomic mass is 16.5. The standard InChI is InChI=1S/C18H21N3O5/c1-18(11-19,13-5-6-13)21-15(22)10-26-16(23)9-20-17(24)12-3-7-14(25-2)8-4-12/h3-4,7-8,13H,5-6,9-10H2,1-2H3,(H,20,24)(H,21,22)/t18-/m0/s1. The number of carbonyl (C=O) groups is 3. The maximum atomic E-state index is 11.9. The van der Waals surface area contributed by atoms with Crippen LogP contribution in [0.5, 0.6) is 5.75 Å². The third-order valence-electron chi connectivity index (χ3n) is 4.13. The average Bonchev–Trinajstić information content (AvgIpc) is 3.50. The summed E-state index contributed by atoms with van der Waals surface area (Å²) in [5, 5.41) is 14.2. The molecule has 0 aliphatic heterocycles. The predicted octanol–water partition coefficient (Wildman–Crippen LogP) is 0.777. The fraction of sp³-hybridized carbons (Fsp3) is 0.444. The number of hydrogen-bond acceptors (Lipinski definition) is 6.